The van der Waals surface area contributed by atoms with Crippen LogP contribution >= 0.6 is 0 Å². The minimum absolute atomic E-state index is 0.175. The van der Waals surface area contributed by atoms with E-state index in [1.54, 1.807) is 73.7 Å². The molecule has 0 fully saturated rings. The van der Waals surface area contributed by atoms with E-state index in [0.717, 1.165) is 0 Å². The summed E-state index contributed by atoms with van der Waals surface area (Å²) in [6.07, 6.45) is 0. The van der Waals surface area contributed by atoms with E-state index >= 15 is 0 Å². The van der Waals surface area contributed by atoms with Crippen molar-refractivity contribution in [2.75, 3.05) is 5.32 Å². The largest absolute Gasteiger partial charge is 0.366 e. The third-order valence-electron chi connectivity index (χ3n) is 4.77. The number of carbonyl (C=O) groups is 2. The molecule has 30 heavy (non-hydrogen) atoms. The van der Waals surface area contributed by atoms with E-state index in [1.807, 2.05) is 6.07 Å². The smallest absolute Gasteiger partial charge is 0.265 e. The first-order chi connectivity index (χ1) is 14.5. The van der Waals surface area contributed by atoms with Crippen molar-refractivity contribution in [1.29, 1.82) is 0 Å². The van der Waals surface area contributed by atoms with Gasteiger partial charge in [-0.05, 0) is 55.5 Å². The third-order valence-corrected chi connectivity index (χ3v) is 4.77. The van der Waals surface area contributed by atoms with Gasteiger partial charge in [0.15, 0.2) is 0 Å². The topological polar surface area (TPSA) is 107 Å². The monoisotopic (exact) mass is 398 g/mol. The normalized spacial score (nSPS) is 10.7. The van der Waals surface area contributed by atoms with Crippen molar-refractivity contribution in [3.8, 4) is 5.69 Å². The lowest BCUT2D eigenvalue weighted by molar-refractivity contribution is 0.100. The molecule has 0 saturated carbocycles. The average Bonchev–Trinajstić information content (AvgIpc) is 2.74. The van der Waals surface area contributed by atoms with Crippen LogP contribution in [0.25, 0.3) is 16.6 Å². The quantitative estimate of drug-likeness (QED) is 0.551. The maximum atomic E-state index is 12.9. The van der Waals surface area contributed by atoms with Crippen LogP contribution < -0.4 is 16.6 Å². The second-order valence-corrected chi connectivity index (χ2v) is 6.73. The predicted molar refractivity (Wildman–Crippen MR) is 115 cm³/mol. The zero-order chi connectivity index (χ0) is 21.3. The first-order valence-corrected chi connectivity index (χ1v) is 9.25. The van der Waals surface area contributed by atoms with Gasteiger partial charge in [0.2, 0.25) is 0 Å². The molecule has 148 valence electrons. The highest BCUT2D eigenvalue weighted by atomic mass is 16.2. The van der Waals surface area contributed by atoms with E-state index in [4.69, 9.17) is 5.73 Å². The van der Waals surface area contributed by atoms with Gasteiger partial charge < -0.3 is 11.1 Å². The molecule has 1 heterocycles. The highest BCUT2D eigenvalue weighted by Crippen LogP contribution is 2.17. The summed E-state index contributed by atoms with van der Waals surface area (Å²) >= 11 is 0. The Morgan fingerprint density at radius 1 is 0.933 bits per heavy atom. The van der Waals surface area contributed by atoms with Crippen molar-refractivity contribution >= 4 is 28.4 Å². The van der Waals surface area contributed by atoms with Crippen LogP contribution in [0.2, 0.25) is 0 Å². The zero-order valence-corrected chi connectivity index (χ0v) is 16.1. The third kappa shape index (κ3) is 3.44. The lowest BCUT2D eigenvalue weighted by atomic mass is 10.1. The predicted octanol–water partition coefficient (Wildman–Crippen LogP) is 3.05. The van der Waals surface area contributed by atoms with Gasteiger partial charge >= 0.3 is 0 Å². The van der Waals surface area contributed by atoms with E-state index in [1.165, 1.54) is 4.57 Å². The van der Waals surface area contributed by atoms with Gasteiger partial charge in [0, 0.05) is 5.56 Å². The van der Waals surface area contributed by atoms with Crippen LogP contribution in [0.4, 0.5) is 5.69 Å². The Bertz CT molecular complexity index is 1340. The molecule has 7 nitrogen and oxygen atoms in total. The number of nitrogens with one attached hydrogen (secondary N) is 1. The van der Waals surface area contributed by atoms with Gasteiger partial charge in [0.1, 0.15) is 5.82 Å². The van der Waals surface area contributed by atoms with Crippen LogP contribution in [0.5, 0.6) is 0 Å². The molecule has 1 aromatic heterocycles. The van der Waals surface area contributed by atoms with Gasteiger partial charge in [-0.25, -0.2) is 4.98 Å². The second-order valence-electron chi connectivity index (χ2n) is 6.73. The fraction of sp³-hybridized carbons (Fsp3) is 0.0435. The fourth-order valence-corrected chi connectivity index (χ4v) is 3.31. The first-order valence-electron chi connectivity index (χ1n) is 9.25. The molecule has 3 N–H and O–H groups in total. The summed E-state index contributed by atoms with van der Waals surface area (Å²) in [5.74, 6) is -0.470. The molecule has 0 atom stereocenters. The second kappa shape index (κ2) is 7.63. The summed E-state index contributed by atoms with van der Waals surface area (Å²) in [6, 6.07) is 20.3. The van der Waals surface area contributed by atoms with Crippen LogP contribution in [0.3, 0.4) is 0 Å². The molecule has 0 bridgehead atoms. The number of anilines is 1. The maximum Gasteiger partial charge on any atom is 0.265 e. The molecular formula is C23H18N4O3. The molecule has 2 amide bonds. The van der Waals surface area contributed by atoms with Gasteiger partial charge in [-0.3, -0.25) is 19.0 Å². The lowest BCUT2D eigenvalue weighted by Crippen LogP contribution is -2.22. The Labute approximate surface area is 171 Å². The number of amides is 2. The molecule has 0 aliphatic rings. The highest BCUT2D eigenvalue weighted by molar-refractivity contribution is 6.08. The van der Waals surface area contributed by atoms with Gasteiger partial charge in [-0.1, -0.05) is 24.3 Å². The van der Waals surface area contributed by atoms with E-state index in [9.17, 15) is 14.4 Å². The van der Waals surface area contributed by atoms with Crippen molar-refractivity contribution < 1.29 is 9.59 Å². The Hall–Kier alpha value is -4.26. The molecule has 0 radical (unpaired) electrons. The number of benzene rings is 3. The number of para-hydroxylation sites is 2. The van der Waals surface area contributed by atoms with Crippen LogP contribution in [0.1, 0.15) is 26.5 Å². The van der Waals surface area contributed by atoms with Crippen LogP contribution in [-0.2, 0) is 0 Å². The number of aryl methyl sites for hydroxylation is 1. The van der Waals surface area contributed by atoms with Crippen molar-refractivity contribution in [3.05, 3.63) is 100 Å². The molecule has 0 aliphatic carbocycles. The van der Waals surface area contributed by atoms with Crippen molar-refractivity contribution in [3.63, 3.8) is 0 Å². The van der Waals surface area contributed by atoms with Gasteiger partial charge in [-0.2, -0.15) is 0 Å². The number of hydrogen-bond donors (Lipinski definition) is 2. The summed E-state index contributed by atoms with van der Waals surface area (Å²) < 4.78 is 1.51. The number of hydrogen-bond acceptors (Lipinski definition) is 4. The summed E-state index contributed by atoms with van der Waals surface area (Å²) in [7, 11) is 0. The average molecular weight is 398 g/mol. The molecule has 0 aliphatic heterocycles. The molecule has 0 unspecified atom stereocenters. The standard InChI is InChI=1S/C23H18N4O3/c1-14-25-20-9-5-3-7-18(20)23(30)27(14)16-12-10-15(11-13-16)22(29)26-19-8-4-2-6-17(19)21(24)28/h2-13H,1H3,(H2,24,28)(H,26,29). The van der Waals surface area contributed by atoms with Gasteiger partial charge in [-0.15, -0.1) is 0 Å². The number of carbonyl (C=O) groups excluding carboxylic acids is 2. The van der Waals surface area contributed by atoms with E-state index < -0.39 is 11.8 Å². The summed E-state index contributed by atoms with van der Waals surface area (Å²) in [4.78, 5) is 41.5. The van der Waals surface area contributed by atoms with Crippen LogP contribution in [0.15, 0.2) is 77.6 Å². The molecule has 4 aromatic rings. The molecular weight excluding hydrogens is 380 g/mol. The zero-order valence-electron chi connectivity index (χ0n) is 16.1. The molecule has 0 saturated heterocycles. The van der Waals surface area contributed by atoms with E-state index in [-0.39, 0.29) is 11.1 Å². The number of primary amides is 1. The van der Waals surface area contributed by atoms with Gasteiger partial charge in [0.05, 0.1) is 27.8 Å². The minimum Gasteiger partial charge on any atom is -0.366 e. The lowest BCUT2D eigenvalue weighted by Gasteiger charge is -2.12. The number of nitrogens with two attached hydrogens (primary N) is 1. The SMILES string of the molecule is Cc1nc2ccccc2c(=O)n1-c1ccc(C(=O)Nc2ccccc2C(N)=O)cc1. The maximum absolute atomic E-state index is 12.9. The Morgan fingerprint density at radius 3 is 2.33 bits per heavy atom. The number of nitrogens with zero attached hydrogens (tertiary/aromatic N) is 2. The molecule has 7 heteroatoms. The fourth-order valence-electron chi connectivity index (χ4n) is 3.31. The molecule has 4 rings (SSSR count). The minimum atomic E-state index is -0.625. The first kappa shape index (κ1) is 19.1. The number of fused-ring (bicyclic) bond motifs is 1. The molecule has 3 aromatic carbocycles. The highest BCUT2D eigenvalue weighted by Gasteiger charge is 2.13. The van der Waals surface area contributed by atoms with Crippen molar-refractivity contribution in [2.45, 2.75) is 6.92 Å². The summed E-state index contributed by atoms with van der Waals surface area (Å²) in [6.45, 7) is 1.76. The summed E-state index contributed by atoms with van der Waals surface area (Å²) in [5, 5.41) is 3.21. The number of aromatic nitrogens is 2. The van der Waals surface area contributed by atoms with Crippen LogP contribution in [0, 0.1) is 6.92 Å². The van der Waals surface area contributed by atoms with E-state index in [0.29, 0.717) is 33.7 Å². The summed E-state index contributed by atoms with van der Waals surface area (Å²) in [5.41, 5.74) is 7.36. The Balaban J connectivity index is 1.66. The van der Waals surface area contributed by atoms with Crippen molar-refractivity contribution in [2.24, 2.45) is 5.73 Å². The van der Waals surface area contributed by atoms with E-state index in [2.05, 4.69) is 10.3 Å². The van der Waals surface area contributed by atoms with Gasteiger partial charge in [0.25, 0.3) is 17.4 Å². The Morgan fingerprint density at radius 2 is 1.60 bits per heavy atom. The van der Waals surface area contributed by atoms with Crippen LogP contribution in [-0.4, -0.2) is 21.4 Å². The van der Waals surface area contributed by atoms with Crippen molar-refractivity contribution in [1.82, 2.24) is 9.55 Å². The molecule has 0 spiro atoms. The Kier molecular flexibility index (Phi) is 4.85. The number of rotatable bonds is 4.